The molecule has 1 fully saturated rings. The first-order chi connectivity index (χ1) is 14.5. The number of ether oxygens (including phenoxy) is 1. The first-order valence-corrected chi connectivity index (χ1v) is 9.60. The first-order valence-electron chi connectivity index (χ1n) is 9.60. The van der Waals surface area contributed by atoms with E-state index in [1.807, 2.05) is 12.1 Å². The van der Waals surface area contributed by atoms with Crippen LogP contribution in [0.5, 0.6) is 5.75 Å². The van der Waals surface area contributed by atoms with E-state index in [0.717, 1.165) is 5.56 Å². The molecule has 0 radical (unpaired) electrons. The van der Waals surface area contributed by atoms with Crippen molar-refractivity contribution in [1.29, 1.82) is 0 Å². The Morgan fingerprint density at radius 2 is 2.00 bits per heavy atom. The lowest BCUT2D eigenvalue weighted by molar-refractivity contribution is -0.126. The van der Waals surface area contributed by atoms with Crippen molar-refractivity contribution in [2.75, 3.05) is 18.6 Å². The molecule has 1 unspecified atom stereocenters. The maximum absolute atomic E-state index is 13.1. The van der Waals surface area contributed by atoms with E-state index in [9.17, 15) is 14.0 Å². The van der Waals surface area contributed by atoms with E-state index in [-0.39, 0.29) is 30.6 Å². The molecule has 0 spiro atoms. The molecule has 0 saturated carbocycles. The highest BCUT2D eigenvalue weighted by Gasteiger charge is 2.35. The van der Waals surface area contributed by atoms with Crippen molar-refractivity contribution in [1.82, 2.24) is 5.32 Å². The van der Waals surface area contributed by atoms with Crippen LogP contribution in [0.4, 0.5) is 10.1 Å². The third kappa shape index (κ3) is 4.20. The van der Waals surface area contributed by atoms with Gasteiger partial charge in [-0.25, -0.2) is 4.39 Å². The summed E-state index contributed by atoms with van der Waals surface area (Å²) in [6.07, 6.45) is 0.155. The Labute approximate surface area is 173 Å². The second kappa shape index (κ2) is 8.41. The zero-order chi connectivity index (χ0) is 21.1. The summed E-state index contributed by atoms with van der Waals surface area (Å²) in [5.74, 6) is 0.787. The zero-order valence-electron chi connectivity index (χ0n) is 16.4. The van der Waals surface area contributed by atoms with Crippen LogP contribution in [0.15, 0.2) is 65.1 Å². The zero-order valence-corrected chi connectivity index (χ0v) is 16.4. The van der Waals surface area contributed by atoms with Gasteiger partial charge < -0.3 is 19.4 Å². The number of nitrogens with zero attached hydrogens (tertiary/aromatic N) is 1. The number of hydrogen-bond acceptors (Lipinski definition) is 4. The van der Waals surface area contributed by atoms with E-state index < -0.39 is 5.92 Å². The monoisotopic (exact) mass is 408 g/mol. The molecule has 0 bridgehead atoms. The van der Waals surface area contributed by atoms with Crippen LogP contribution >= 0.6 is 0 Å². The van der Waals surface area contributed by atoms with Crippen molar-refractivity contribution >= 4 is 17.5 Å². The Kier molecular flexibility index (Phi) is 5.52. The number of anilines is 1. The molecule has 0 aliphatic carbocycles. The van der Waals surface area contributed by atoms with Gasteiger partial charge in [0.05, 0.1) is 19.6 Å². The summed E-state index contributed by atoms with van der Waals surface area (Å²) < 4.78 is 24.0. The molecule has 2 amide bonds. The molecule has 6 nitrogen and oxygen atoms in total. The number of amides is 2. The number of furan rings is 1. The maximum Gasteiger partial charge on any atom is 0.227 e. The first kappa shape index (κ1) is 19.7. The minimum absolute atomic E-state index is 0.0972. The fourth-order valence-corrected chi connectivity index (χ4v) is 3.47. The lowest BCUT2D eigenvalue weighted by atomic mass is 10.1. The summed E-state index contributed by atoms with van der Waals surface area (Å²) in [6.45, 7) is 0.528. The van der Waals surface area contributed by atoms with Gasteiger partial charge in [0, 0.05) is 30.3 Å². The van der Waals surface area contributed by atoms with Crippen LogP contribution in [0.1, 0.15) is 12.2 Å². The average molecular weight is 408 g/mol. The van der Waals surface area contributed by atoms with E-state index in [4.69, 9.17) is 9.15 Å². The molecule has 1 aliphatic rings. The standard InChI is InChI=1S/C23H21FN2O4/c1-29-19-4-2-3-18(12-19)26-14-16(11-22(26)27)23(28)25-13-20-9-10-21(30-20)15-5-7-17(24)8-6-15/h2-10,12,16H,11,13-14H2,1H3,(H,25,28). The summed E-state index contributed by atoms with van der Waals surface area (Å²) in [6, 6.07) is 16.7. The van der Waals surface area contributed by atoms with Crippen molar-refractivity contribution in [3.8, 4) is 17.1 Å². The Balaban J connectivity index is 1.35. The third-order valence-electron chi connectivity index (χ3n) is 5.09. The van der Waals surface area contributed by atoms with Crippen LogP contribution in [-0.4, -0.2) is 25.5 Å². The molecule has 2 heterocycles. The molecular weight excluding hydrogens is 387 g/mol. The molecule has 2 aromatic carbocycles. The molecule has 1 N–H and O–H groups in total. The van der Waals surface area contributed by atoms with Crippen molar-refractivity contribution in [2.24, 2.45) is 5.92 Å². The Morgan fingerprint density at radius 3 is 2.77 bits per heavy atom. The molecule has 1 aromatic heterocycles. The number of hydrogen-bond donors (Lipinski definition) is 1. The van der Waals surface area contributed by atoms with Crippen LogP contribution in [0.3, 0.4) is 0 Å². The van der Waals surface area contributed by atoms with E-state index in [1.165, 1.54) is 12.1 Å². The summed E-state index contributed by atoms with van der Waals surface area (Å²) in [7, 11) is 1.57. The minimum Gasteiger partial charge on any atom is -0.497 e. The summed E-state index contributed by atoms with van der Waals surface area (Å²) >= 11 is 0. The largest absolute Gasteiger partial charge is 0.497 e. The number of benzene rings is 2. The molecule has 154 valence electrons. The summed E-state index contributed by atoms with van der Waals surface area (Å²) in [4.78, 5) is 26.6. The fraction of sp³-hybridized carbons (Fsp3) is 0.217. The smallest absolute Gasteiger partial charge is 0.227 e. The number of nitrogens with one attached hydrogen (secondary N) is 1. The molecule has 30 heavy (non-hydrogen) atoms. The predicted molar refractivity (Wildman–Crippen MR) is 109 cm³/mol. The van der Waals surface area contributed by atoms with Crippen LogP contribution in [-0.2, 0) is 16.1 Å². The quantitative estimate of drug-likeness (QED) is 0.674. The van der Waals surface area contributed by atoms with Gasteiger partial charge in [0.25, 0.3) is 0 Å². The summed E-state index contributed by atoms with van der Waals surface area (Å²) in [5.41, 5.74) is 1.47. The number of halogens is 1. The van der Waals surface area contributed by atoms with Crippen molar-refractivity contribution in [3.05, 3.63) is 72.2 Å². The number of carbonyl (C=O) groups is 2. The van der Waals surface area contributed by atoms with Gasteiger partial charge in [0.2, 0.25) is 11.8 Å². The Bertz CT molecular complexity index is 1060. The number of carbonyl (C=O) groups excluding carboxylic acids is 2. The van der Waals surface area contributed by atoms with E-state index in [1.54, 1.807) is 48.4 Å². The lowest BCUT2D eigenvalue weighted by Crippen LogP contribution is -2.32. The van der Waals surface area contributed by atoms with Gasteiger partial charge in [-0.15, -0.1) is 0 Å². The molecular formula is C23H21FN2O4. The Morgan fingerprint density at radius 1 is 1.20 bits per heavy atom. The maximum atomic E-state index is 13.1. The molecule has 4 rings (SSSR count). The minimum atomic E-state index is -0.435. The number of rotatable bonds is 6. The fourth-order valence-electron chi connectivity index (χ4n) is 3.47. The van der Waals surface area contributed by atoms with Gasteiger partial charge in [-0.2, -0.15) is 0 Å². The SMILES string of the molecule is COc1cccc(N2CC(C(=O)NCc3ccc(-c4ccc(F)cc4)o3)CC2=O)c1. The molecule has 3 aromatic rings. The van der Waals surface area contributed by atoms with E-state index >= 15 is 0 Å². The van der Waals surface area contributed by atoms with Gasteiger partial charge in [-0.1, -0.05) is 6.07 Å². The normalized spacial score (nSPS) is 16.0. The van der Waals surface area contributed by atoms with Crippen LogP contribution in [0, 0.1) is 11.7 Å². The number of methoxy groups -OCH3 is 1. The third-order valence-corrected chi connectivity index (χ3v) is 5.09. The van der Waals surface area contributed by atoms with Gasteiger partial charge in [0.15, 0.2) is 0 Å². The Hall–Kier alpha value is -3.61. The van der Waals surface area contributed by atoms with Gasteiger partial charge in [0.1, 0.15) is 23.1 Å². The highest BCUT2D eigenvalue weighted by atomic mass is 19.1. The van der Waals surface area contributed by atoms with Gasteiger partial charge in [-0.05, 0) is 48.5 Å². The topological polar surface area (TPSA) is 71.8 Å². The van der Waals surface area contributed by atoms with E-state index in [2.05, 4.69) is 5.32 Å². The average Bonchev–Trinajstić information content (AvgIpc) is 3.39. The van der Waals surface area contributed by atoms with Gasteiger partial charge >= 0.3 is 0 Å². The molecule has 1 aliphatic heterocycles. The van der Waals surface area contributed by atoms with Crippen molar-refractivity contribution in [2.45, 2.75) is 13.0 Å². The van der Waals surface area contributed by atoms with Crippen molar-refractivity contribution in [3.63, 3.8) is 0 Å². The second-order valence-electron chi connectivity index (χ2n) is 7.10. The van der Waals surface area contributed by atoms with Crippen LogP contribution in [0.2, 0.25) is 0 Å². The highest BCUT2D eigenvalue weighted by Crippen LogP contribution is 2.28. The van der Waals surface area contributed by atoms with Crippen molar-refractivity contribution < 1.29 is 23.1 Å². The lowest BCUT2D eigenvalue weighted by Gasteiger charge is -2.17. The predicted octanol–water partition coefficient (Wildman–Crippen LogP) is 3.76. The highest BCUT2D eigenvalue weighted by molar-refractivity contribution is 6.00. The molecule has 7 heteroatoms. The second-order valence-corrected chi connectivity index (χ2v) is 7.10. The van der Waals surface area contributed by atoms with Gasteiger partial charge in [-0.3, -0.25) is 9.59 Å². The van der Waals surface area contributed by atoms with Crippen LogP contribution in [0.25, 0.3) is 11.3 Å². The molecule has 1 atom stereocenters. The summed E-state index contributed by atoms with van der Waals surface area (Å²) in [5, 5.41) is 2.83. The molecule has 1 saturated heterocycles. The van der Waals surface area contributed by atoms with E-state index in [0.29, 0.717) is 29.5 Å². The van der Waals surface area contributed by atoms with Crippen LogP contribution < -0.4 is 15.0 Å².